The number of amides is 1. The maximum Gasteiger partial charge on any atom is 0.315 e. The highest BCUT2D eigenvalue weighted by atomic mass is 32.2. The van der Waals surface area contributed by atoms with Crippen molar-refractivity contribution in [3.63, 3.8) is 0 Å². The summed E-state index contributed by atoms with van der Waals surface area (Å²) in [5.41, 5.74) is 2.77. The second kappa shape index (κ2) is 8.95. The average Bonchev–Trinajstić information content (AvgIpc) is 3.20. The molecule has 0 N–H and O–H groups in total. The van der Waals surface area contributed by atoms with Crippen molar-refractivity contribution in [3.05, 3.63) is 54.1 Å². The molecular weight excluding hydrogens is 362 g/mol. The molecule has 0 unspecified atom stereocenters. The van der Waals surface area contributed by atoms with E-state index in [2.05, 4.69) is 4.74 Å². The van der Waals surface area contributed by atoms with Crippen LogP contribution in [0.1, 0.15) is 16.8 Å². The summed E-state index contributed by atoms with van der Waals surface area (Å²) in [5, 5.41) is 0.282. The third kappa shape index (κ3) is 4.83. The molecule has 27 heavy (non-hydrogen) atoms. The molecule has 2 aromatic rings. The Morgan fingerprint density at radius 3 is 2.59 bits per heavy atom. The molecule has 1 saturated heterocycles. The van der Waals surface area contributed by atoms with Crippen LogP contribution in [0.15, 0.2) is 48.5 Å². The molecule has 142 valence electrons. The van der Waals surface area contributed by atoms with E-state index in [4.69, 9.17) is 4.74 Å². The van der Waals surface area contributed by atoms with Crippen molar-refractivity contribution in [2.75, 3.05) is 33.1 Å². The molecule has 6 heteroatoms. The minimum Gasteiger partial charge on any atom is -0.497 e. The number of benzene rings is 2. The van der Waals surface area contributed by atoms with Crippen molar-refractivity contribution in [1.82, 2.24) is 4.90 Å². The summed E-state index contributed by atoms with van der Waals surface area (Å²) in [4.78, 5) is 25.9. The fourth-order valence-electron chi connectivity index (χ4n) is 3.08. The smallest absolute Gasteiger partial charge is 0.315 e. The van der Waals surface area contributed by atoms with E-state index in [1.165, 1.54) is 7.11 Å². The largest absolute Gasteiger partial charge is 0.497 e. The van der Waals surface area contributed by atoms with E-state index in [1.807, 2.05) is 53.4 Å². The molecule has 3 rings (SSSR count). The Hall–Kier alpha value is -2.47. The van der Waals surface area contributed by atoms with Gasteiger partial charge in [0.1, 0.15) is 5.75 Å². The Morgan fingerprint density at radius 1 is 1.11 bits per heavy atom. The van der Waals surface area contributed by atoms with Gasteiger partial charge >= 0.3 is 5.97 Å². The van der Waals surface area contributed by atoms with Crippen LogP contribution in [0, 0.1) is 0 Å². The van der Waals surface area contributed by atoms with Crippen molar-refractivity contribution >= 4 is 23.6 Å². The van der Waals surface area contributed by atoms with Crippen molar-refractivity contribution in [2.45, 2.75) is 11.7 Å². The SMILES string of the molecule is COC(=O)CS[C@H]1CCN(C(=O)c2ccc(-c3cccc(OC)c3)cc2)C1. The summed E-state index contributed by atoms with van der Waals surface area (Å²) in [5.74, 6) is 0.949. The number of hydrogen-bond acceptors (Lipinski definition) is 5. The maximum atomic E-state index is 12.7. The second-order valence-corrected chi connectivity index (χ2v) is 7.65. The van der Waals surface area contributed by atoms with Gasteiger partial charge in [-0.2, -0.15) is 0 Å². The molecule has 0 radical (unpaired) electrons. The average molecular weight is 385 g/mol. The van der Waals surface area contributed by atoms with Gasteiger partial charge in [-0.25, -0.2) is 0 Å². The molecule has 0 aromatic heterocycles. The molecule has 1 heterocycles. The summed E-state index contributed by atoms with van der Waals surface area (Å²) in [6.45, 7) is 1.38. The van der Waals surface area contributed by atoms with Crippen LogP contribution in [0.4, 0.5) is 0 Å². The van der Waals surface area contributed by atoms with Crippen LogP contribution in [-0.4, -0.2) is 55.1 Å². The van der Waals surface area contributed by atoms with Gasteiger partial charge in [-0.05, 0) is 41.8 Å². The van der Waals surface area contributed by atoms with Crippen LogP contribution in [0.5, 0.6) is 5.75 Å². The minimum atomic E-state index is -0.224. The predicted octanol–water partition coefficient (Wildman–Crippen LogP) is 3.48. The fourth-order valence-corrected chi connectivity index (χ4v) is 4.13. The van der Waals surface area contributed by atoms with Crippen LogP contribution >= 0.6 is 11.8 Å². The molecule has 0 bridgehead atoms. The van der Waals surface area contributed by atoms with Gasteiger partial charge in [-0.3, -0.25) is 9.59 Å². The Balaban J connectivity index is 1.61. The van der Waals surface area contributed by atoms with E-state index in [1.54, 1.807) is 18.9 Å². The predicted molar refractivity (Wildman–Crippen MR) is 107 cm³/mol. The zero-order chi connectivity index (χ0) is 19.2. The van der Waals surface area contributed by atoms with Gasteiger partial charge in [0.25, 0.3) is 5.91 Å². The number of ether oxygens (including phenoxy) is 2. The Kier molecular flexibility index (Phi) is 6.40. The second-order valence-electron chi connectivity index (χ2n) is 6.36. The monoisotopic (exact) mass is 385 g/mol. The normalized spacial score (nSPS) is 16.2. The van der Waals surface area contributed by atoms with Crippen LogP contribution in [0.2, 0.25) is 0 Å². The first kappa shape index (κ1) is 19.3. The first-order chi connectivity index (χ1) is 13.1. The van der Waals surface area contributed by atoms with Crippen LogP contribution < -0.4 is 4.74 Å². The van der Waals surface area contributed by atoms with Gasteiger partial charge in [0.15, 0.2) is 0 Å². The molecule has 1 atom stereocenters. The standard InChI is InChI=1S/C21H23NO4S/c1-25-18-5-3-4-17(12-18)15-6-8-16(9-7-15)21(24)22-11-10-19(13-22)27-14-20(23)26-2/h3-9,12,19H,10-11,13-14H2,1-2H3/t19-/m0/s1. The van der Waals surface area contributed by atoms with Crippen molar-refractivity contribution in [1.29, 1.82) is 0 Å². The molecule has 0 spiro atoms. The highest BCUT2D eigenvalue weighted by molar-refractivity contribution is 8.00. The van der Waals surface area contributed by atoms with Crippen molar-refractivity contribution < 1.29 is 19.1 Å². The number of thioether (sulfide) groups is 1. The number of methoxy groups -OCH3 is 2. The number of carbonyl (C=O) groups excluding carboxylic acids is 2. The number of rotatable bonds is 6. The Labute approximate surface area is 163 Å². The number of nitrogens with zero attached hydrogens (tertiary/aromatic N) is 1. The van der Waals surface area contributed by atoms with Gasteiger partial charge in [0.05, 0.1) is 20.0 Å². The van der Waals surface area contributed by atoms with Crippen molar-refractivity contribution in [3.8, 4) is 16.9 Å². The van der Waals surface area contributed by atoms with Gasteiger partial charge in [0.2, 0.25) is 0 Å². The lowest BCUT2D eigenvalue weighted by Crippen LogP contribution is -2.29. The Bertz CT molecular complexity index is 806. The third-order valence-electron chi connectivity index (χ3n) is 4.63. The molecule has 1 amide bonds. The molecule has 0 saturated carbocycles. The summed E-state index contributed by atoms with van der Waals surface area (Å²) < 4.78 is 9.93. The molecule has 0 aliphatic carbocycles. The summed E-state index contributed by atoms with van der Waals surface area (Å²) in [6, 6.07) is 15.5. The van der Waals surface area contributed by atoms with Crippen LogP contribution in [-0.2, 0) is 9.53 Å². The van der Waals surface area contributed by atoms with Crippen LogP contribution in [0.25, 0.3) is 11.1 Å². The highest BCUT2D eigenvalue weighted by Crippen LogP contribution is 2.26. The van der Waals surface area contributed by atoms with E-state index in [0.717, 1.165) is 29.8 Å². The first-order valence-corrected chi connectivity index (χ1v) is 9.87. The molecule has 1 aliphatic rings. The quantitative estimate of drug-likeness (QED) is 0.713. The van der Waals surface area contributed by atoms with E-state index in [-0.39, 0.29) is 17.1 Å². The zero-order valence-corrected chi connectivity index (χ0v) is 16.3. The lowest BCUT2D eigenvalue weighted by Gasteiger charge is -2.16. The van der Waals surface area contributed by atoms with E-state index in [0.29, 0.717) is 17.9 Å². The first-order valence-electron chi connectivity index (χ1n) is 8.83. The molecule has 5 nitrogen and oxygen atoms in total. The summed E-state index contributed by atoms with van der Waals surface area (Å²) in [6.07, 6.45) is 0.898. The van der Waals surface area contributed by atoms with E-state index in [9.17, 15) is 9.59 Å². The van der Waals surface area contributed by atoms with E-state index >= 15 is 0 Å². The summed E-state index contributed by atoms with van der Waals surface area (Å²) in [7, 11) is 3.04. The number of hydrogen-bond donors (Lipinski definition) is 0. The number of likely N-dealkylation sites (tertiary alicyclic amines) is 1. The topological polar surface area (TPSA) is 55.8 Å². The molecule has 2 aromatic carbocycles. The Morgan fingerprint density at radius 2 is 1.89 bits per heavy atom. The van der Waals surface area contributed by atoms with Gasteiger partial charge in [0, 0.05) is 23.9 Å². The van der Waals surface area contributed by atoms with Gasteiger partial charge in [-0.15, -0.1) is 11.8 Å². The molecule has 1 fully saturated rings. The maximum absolute atomic E-state index is 12.7. The lowest BCUT2D eigenvalue weighted by molar-refractivity contribution is -0.137. The zero-order valence-electron chi connectivity index (χ0n) is 15.5. The number of carbonyl (C=O) groups is 2. The number of esters is 1. The van der Waals surface area contributed by atoms with Crippen molar-refractivity contribution in [2.24, 2.45) is 0 Å². The van der Waals surface area contributed by atoms with Gasteiger partial charge in [-0.1, -0.05) is 24.3 Å². The minimum absolute atomic E-state index is 0.0355. The molecular formula is C21H23NO4S. The summed E-state index contributed by atoms with van der Waals surface area (Å²) >= 11 is 1.56. The lowest BCUT2D eigenvalue weighted by atomic mass is 10.0. The van der Waals surface area contributed by atoms with Gasteiger partial charge < -0.3 is 14.4 Å². The highest BCUT2D eigenvalue weighted by Gasteiger charge is 2.27. The van der Waals surface area contributed by atoms with Crippen LogP contribution in [0.3, 0.4) is 0 Å². The molecule has 1 aliphatic heterocycles. The third-order valence-corrected chi connectivity index (χ3v) is 5.89. The fraction of sp³-hybridized carbons (Fsp3) is 0.333. The van der Waals surface area contributed by atoms with E-state index < -0.39 is 0 Å².